The van der Waals surface area contributed by atoms with Gasteiger partial charge >= 0.3 is 11.9 Å². The van der Waals surface area contributed by atoms with Crippen molar-refractivity contribution in [2.24, 2.45) is 0 Å². The first kappa shape index (κ1) is 38.2. The lowest BCUT2D eigenvalue weighted by Crippen LogP contribution is -2.15. The fourth-order valence-electron chi connectivity index (χ4n) is 5.86. The van der Waals surface area contributed by atoms with Gasteiger partial charge in [-0.25, -0.2) is 9.59 Å². The van der Waals surface area contributed by atoms with Crippen LogP contribution in [0.15, 0.2) is 110 Å². The van der Waals surface area contributed by atoms with Gasteiger partial charge in [0.1, 0.15) is 11.5 Å². The van der Waals surface area contributed by atoms with E-state index in [1.807, 2.05) is 73.7 Å². The summed E-state index contributed by atoms with van der Waals surface area (Å²) in [6, 6.07) is 30.3. The summed E-state index contributed by atoms with van der Waals surface area (Å²) in [6.07, 6.45) is 17.3. The maximum absolute atomic E-state index is 12.9. The third-order valence-corrected chi connectivity index (χ3v) is 8.92. The molecule has 50 heavy (non-hydrogen) atoms. The summed E-state index contributed by atoms with van der Waals surface area (Å²) in [7, 11) is 0. The van der Waals surface area contributed by atoms with Gasteiger partial charge in [-0.2, -0.15) is 0 Å². The first-order valence-electron chi connectivity index (χ1n) is 18.5. The van der Waals surface area contributed by atoms with Gasteiger partial charge in [0.25, 0.3) is 0 Å². The Morgan fingerprint density at radius 3 is 1.58 bits per heavy atom. The van der Waals surface area contributed by atoms with Gasteiger partial charge < -0.3 is 14.2 Å². The molecule has 0 heterocycles. The molecular weight excluding hydrogens is 620 g/mol. The van der Waals surface area contributed by atoms with Gasteiger partial charge in [-0.15, -0.1) is 6.58 Å². The number of carbonyl (C=O) groups excluding carboxylic acids is 2. The third-order valence-electron chi connectivity index (χ3n) is 8.92. The first-order chi connectivity index (χ1) is 24.5. The number of allylic oxidation sites excluding steroid dienone is 1. The second-order valence-electron chi connectivity index (χ2n) is 13.1. The summed E-state index contributed by atoms with van der Waals surface area (Å²) >= 11 is 0. The van der Waals surface area contributed by atoms with E-state index in [0.29, 0.717) is 16.9 Å². The van der Waals surface area contributed by atoms with E-state index in [1.165, 1.54) is 57.8 Å². The molecule has 4 aromatic carbocycles. The molecule has 0 amide bonds. The van der Waals surface area contributed by atoms with Crippen LogP contribution in [0, 0.1) is 0 Å². The number of ether oxygens (including phenoxy) is 3. The molecule has 0 aliphatic carbocycles. The molecular formula is C45H54O5. The average Bonchev–Trinajstić information content (AvgIpc) is 3.15. The van der Waals surface area contributed by atoms with Crippen molar-refractivity contribution >= 4 is 11.9 Å². The molecule has 0 spiro atoms. The van der Waals surface area contributed by atoms with E-state index in [0.717, 1.165) is 60.3 Å². The lowest BCUT2D eigenvalue weighted by atomic mass is 10.0. The van der Waals surface area contributed by atoms with Crippen molar-refractivity contribution in [3.63, 3.8) is 0 Å². The standard InChI is InChI=1S/C45H54O5/c1-4-6-8-10-11-12-13-14-16-34-48-42-30-26-38(27-31-42)36-20-24-41(25-21-36)45(47)50-43-32-28-39(29-33-43)37-18-22-40(23-19-37)44(46)49-35(3)17-15-9-7-5-2/h4,18-33,35H,1,5-17,34H2,2-3H3/t35-/m1/s1. The number of carbonyl (C=O) groups is 2. The normalized spacial score (nSPS) is 11.5. The van der Waals surface area contributed by atoms with E-state index in [1.54, 1.807) is 36.4 Å². The minimum atomic E-state index is -0.414. The first-order valence-corrected chi connectivity index (χ1v) is 18.5. The Bertz CT molecular complexity index is 1570. The number of rotatable bonds is 22. The minimum Gasteiger partial charge on any atom is -0.494 e. The van der Waals surface area contributed by atoms with Crippen LogP contribution in [0.25, 0.3) is 22.3 Å². The van der Waals surface area contributed by atoms with Crippen LogP contribution >= 0.6 is 0 Å². The number of unbranched alkanes of at least 4 members (excludes halogenated alkanes) is 10. The van der Waals surface area contributed by atoms with Crippen LogP contribution in [0.1, 0.15) is 118 Å². The predicted octanol–water partition coefficient (Wildman–Crippen LogP) is 12.4. The van der Waals surface area contributed by atoms with E-state index >= 15 is 0 Å². The van der Waals surface area contributed by atoms with E-state index in [4.69, 9.17) is 14.2 Å². The van der Waals surface area contributed by atoms with Crippen molar-refractivity contribution in [3.8, 4) is 33.8 Å². The van der Waals surface area contributed by atoms with Gasteiger partial charge in [0, 0.05) is 0 Å². The largest absolute Gasteiger partial charge is 0.494 e. The van der Waals surface area contributed by atoms with Gasteiger partial charge in [-0.1, -0.05) is 113 Å². The molecule has 0 aliphatic rings. The van der Waals surface area contributed by atoms with Gasteiger partial charge in [-0.05, 0) is 110 Å². The zero-order valence-electron chi connectivity index (χ0n) is 30.0. The van der Waals surface area contributed by atoms with Crippen LogP contribution in [0.5, 0.6) is 11.5 Å². The highest BCUT2D eigenvalue weighted by atomic mass is 16.5. The fraction of sp³-hybridized carbons (Fsp3) is 0.378. The molecule has 5 nitrogen and oxygen atoms in total. The summed E-state index contributed by atoms with van der Waals surface area (Å²) in [5, 5.41) is 0. The number of hydrogen-bond donors (Lipinski definition) is 0. The van der Waals surface area contributed by atoms with Crippen molar-refractivity contribution in [1.29, 1.82) is 0 Å². The van der Waals surface area contributed by atoms with Gasteiger partial charge in [0.15, 0.2) is 0 Å². The van der Waals surface area contributed by atoms with Crippen LogP contribution in [0.2, 0.25) is 0 Å². The van der Waals surface area contributed by atoms with Crippen molar-refractivity contribution in [3.05, 3.63) is 121 Å². The minimum absolute atomic E-state index is 0.0950. The van der Waals surface area contributed by atoms with Gasteiger partial charge in [-0.3, -0.25) is 0 Å². The fourth-order valence-corrected chi connectivity index (χ4v) is 5.86. The summed E-state index contributed by atoms with van der Waals surface area (Å²) in [4.78, 5) is 25.4. The Kier molecular flexibility index (Phi) is 16.4. The second kappa shape index (κ2) is 21.4. The summed E-state index contributed by atoms with van der Waals surface area (Å²) in [5.74, 6) is 0.629. The highest BCUT2D eigenvalue weighted by Crippen LogP contribution is 2.26. The van der Waals surface area contributed by atoms with Crippen LogP contribution in [0.3, 0.4) is 0 Å². The zero-order valence-corrected chi connectivity index (χ0v) is 30.0. The van der Waals surface area contributed by atoms with Crippen molar-refractivity contribution in [1.82, 2.24) is 0 Å². The maximum atomic E-state index is 12.9. The Hall–Kier alpha value is -4.64. The number of benzene rings is 4. The Labute approximate surface area is 299 Å². The highest BCUT2D eigenvalue weighted by Gasteiger charge is 2.13. The smallest absolute Gasteiger partial charge is 0.343 e. The quantitative estimate of drug-likeness (QED) is 0.0359. The number of hydrogen-bond acceptors (Lipinski definition) is 5. The Balaban J connectivity index is 1.19. The lowest BCUT2D eigenvalue weighted by molar-refractivity contribution is 0.0319. The van der Waals surface area contributed by atoms with Crippen LogP contribution in [-0.4, -0.2) is 24.6 Å². The molecule has 0 aliphatic heterocycles. The number of esters is 2. The third kappa shape index (κ3) is 13.0. The molecule has 0 N–H and O–H groups in total. The molecule has 0 bridgehead atoms. The topological polar surface area (TPSA) is 61.8 Å². The van der Waals surface area contributed by atoms with Crippen molar-refractivity contribution in [2.75, 3.05) is 6.61 Å². The summed E-state index contributed by atoms with van der Waals surface area (Å²) in [5.41, 5.74) is 5.00. The molecule has 0 aromatic heterocycles. The van der Waals surface area contributed by atoms with Crippen LogP contribution in [-0.2, 0) is 4.74 Å². The van der Waals surface area contributed by atoms with Gasteiger partial charge in [0.2, 0.25) is 0 Å². The van der Waals surface area contributed by atoms with E-state index in [9.17, 15) is 9.59 Å². The average molecular weight is 675 g/mol. The summed E-state index contributed by atoms with van der Waals surface area (Å²) in [6.45, 7) is 8.65. The lowest BCUT2D eigenvalue weighted by Gasteiger charge is -2.13. The highest BCUT2D eigenvalue weighted by molar-refractivity contribution is 5.92. The van der Waals surface area contributed by atoms with Crippen molar-refractivity contribution in [2.45, 2.75) is 103 Å². The molecule has 0 fully saturated rings. The summed E-state index contributed by atoms with van der Waals surface area (Å²) < 4.78 is 17.2. The molecule has 5 heteroatoms. The molecule has 264 valence electrons. The van der Waals surface area contributed by atoms with Crippen LogP contribution in [0.4, 0.5) is 0 Å². The maximum Gasteiger partial charge on any atom is 0.343 e. The van der Waals surface area contributed by atoms with E-state index in [2.05, 4.69) is 13.5 Å². The molecule has 0 radical (unpaired) electrons. The van der Waals surface area contributed by atoms with E-state index < -0.39 is 5.97 Å². The molecule has 0 saturated heterocycles. The molecule has 1 atom stereocenters. The monoisotopic (exact) mass is 674 g/mol. The second-order valence-corrected chi connectivity index (χ2v) is 13.1. The van der Waals surface area contributed by atoms with Crippen LogP contribution < -0.4 is 9.47 Å². The Morgan fingerprint density at radius 2 is 1.04 bits per heavy atom. The van der Waals surface area contributed by atoms with Crippen molar-refractivity contribution < 1.29 is 23.8 Å². The molecule has 0 saturated carbocycles. The molecule has 0 unspecified atom stereocenters. The SMILES string of the molecule is C=CCCCCCCCCCOc1ccc(-c2ccc(C(=O)Oc3ccc(-c4ccc(C(=O)O[C@H](C)CCCCCC)cc4)cc3)cc2)cc1. The molecule has 4 rings (SSSR count). The predicted molar refractivity (Wildman–Crippen MR) is 205 cm³/mol. The molecule has 4 aromatic rings. The van der Waals surface area contributed by atoms with Gasteiger partial charge in [0.05, 0.1) is 23.8 Å². The zero-order chi connectivity index (χ0) is 35.4. The van der Waals surface area contributed by atoms with E-state index in [-0.39, 0.29) is 12.1 Å². The Morgan fingerprint density at radius 1 is 0.580 bits per heavy atom.